The fourth-order valence-electron chi connectivity index (χ4n) is 1.90. The predicted molar refractivity (Wildman–Crippen MR) is 70.0 cm³/mol. The maximum atomic E-state index is 12.5. The summed E-state index contributed by atoms with van der Waals surface area (Å²) in [5.74, 6) is 0. The number of aryl methyl sites for hydroxylation is 1. The quantitative estimate of drug-likeness (QED) is 0.826. The molecule has 0 aliphatic carbocycles. The van der Waals surface area contributed by atoms with Gasteiger partial charge in [-0.3, -0.25) is 0 Å². The second-order valence-electron chi connectivity index (χ2n) is 4.53. The molecule has 0 saturated carbocycles. The normalized spacial score (nSPS) is 11.8. The van der Waals surface area contributed by atoms with E-state index in [4.69, 9.17) is 0 Å². The summed E-state index contributed by atoms with van der Waals surface area (Å²) >= 11 is 0. The zero-order valence-electron chi connectivity index (χ0n) is 10.9. The van der Waals surface area contributed by atoms with Gasteiger partial charge in [0.2, 0.25) is 0 Å². The van der Waals surface area contributed by atoms with Crippen molar-refractivity contribution in [3.63, 3.8) is 0 Å². The van der Waals surface area contributed by atoms with E-state index in [0.29, 0.717) is 12.1 Å². The first kappa shape index (κ1) is 14.6. The topological polar surface area (TPSA) is 29.9 Å². The van der Waals surface area contributed by atoms with Crippen LogP contribution in [0.15, 0.2) is 43.0 Å². The van der Waals surface area contributed by atoms with Crippen LogP contribution in [-0.2, 0) is 19.3 Å². The summed E-state index contributed by atoms with van der Waals surface area (Å²) in [6.45, 7) is 2.03. The Morgan fingerprint density at radius 3 is 2.80 bits per heavy atom. The third-order valence-electron chi connectivity index (χ3n) is 2.91. The number of halogens is 3. The minimum atomic E-state index is -4.28. The van der Waals surface area contributed by atoms with E-state index in [2.05, 4.69) is 10.3 Å². The van der Waals surface area contributed by atoms with Crippen LogP contribution in [0.5, 0.6) is 0 Å². The van der Waals surface area contributed by atoms with Crippen molar-refractivity contribution in [2.75, 3.05) is 6.54 Å². The molecule has 1 N–H and O–H groups in total. The second kappa shape index (κ2) is 6.56. The van der Waals surface area contributed by atoms with Crippen LogP contribution in [-0.4, -0.2) is 16.1 Å². The lowest BCUT2D eigenvalue weighted by molar-refractivity contribution is -0.137. The number of hydrogen-bond acceptors (Lipinski definition) is 2. The summed E-state index contributed by atoms with van der Waals surface area (Å²) in [5.41, 5.74) is 0.0395. The molecule has 0 unspecified atom stereocenters. The number of alkyl halides is 3. The van der Waals surface area contributed by atoms with Gasteiger partial charge in [-0.25, -0.2) is 4.98 Å². The number of nitrogens with one attached hydrogen (secondary N) is 1. The molecule has 0 fully saturated rings. The van der Waals surface area contributed by atoms with Crippen LogP contribution in [0.3, 0.4) is 0 Å². The van der Waals surface area contributed by atoms with Gasteiger partial charge in [-0.15, -0.1) is 0 Å². The molecule has 1 aromatic carbocycles. The Hall–Kier alpha value is -1.82. The van der Waals surface area contributed by atoms with Gasteiger partial charge in [-0.2, -0.15) is 13.2 Å². The van der Waals surface area contributed by atoms with E-state index < -0.39 is 11.7 Å². The highest BCUT2D eigenvalue weighted by Gasteiger charge is 2.30. The van der Waals surface area contributed by atoms with E-state index in [9.17, 15) is 13.2 Å². The van der Waals surface area contributed by atoms with Crippen molar-refractivity contribution in [1.82, 2.24) is 14.9 Å². The first-order chi connectivity index (χ1) is 9.55. The Bertz CT molecular complexity index is 521. The van der Waals surface area contributed by atoms with Crippen LogP contribution in [0.4, 0.5) is 13.2 Å². The average molecular weight is 283 g/mol. The van der Waals surface area contributed by atoms with Gasteiger partial charge in [0.15, 0.2) is 0 Å². The Morgan fingerprint density at radius 2 is 2.10 bits per heavy atom. The van der Waals surface area contributed by atoms with Gasteiger partial charge in [-0.1, -0.05) is 18.2 Å². The number of benzene rings is 1. The third kappa shape index (κ3) is 4.38. The van der Waals surface area contributed by atoms with Crippen molar-refractivity contribution in [3.05, 3.63) is 54.1 Å². The van der Waals surface area contributed by atoms with Crippen molar-refractivity contribution in [1.29, 1.82) is 0 Å². The molecule has 3 nitrogen and oxygen atoms in total. The van der Waals surface area contributed by atoms with Crippen molar-refractivity contribution in [2.24, 2.45) is 0 Å². The Labute approximate surface area is 115 Å². The Kier molecular flexibility index (Phi) is 4.79. The van der Waals surface area contributed by atoms with Gasteiger partial charge < -0.3 is 9.88 Å². The summed E-state index contributed by atoms with van der Waals surface area (Å²) in [5, 5.41) is 3.14. The molecule has 2 aromatic rings. The van der Waals surface area contributed by atoms with Crippen LogP contribution in [0.25, 0.3) is 0 Å². The van der Waals surface area contributed by atoms with Gasteiger partial charge in [0.1, 0.15) is 0 Å². The lowest BCUT2D eigenvalue weighted by Gasteiger charge is -2.09. The van der Waals surface area contributed by atoms with Crippen LogP contribution < -0.4 is 5.32 Å². The van der Waals surface area contributed by atoms with E-state index in [1.54, 1.807) is 18.6 Å². The molecule has 0 radical (unpaired) electrons. The maximum absolute atomic E-state index is 12.5. The molecule has 1 aromatic heterocycles. The molecule has 0 spiro atoms. The van der Waals surface area contributed by atoms with E-state index >= 15 is 0 Å². The Balaban J connectivity index is 1.74. The monoisotopic (exact) mass is 283 g/mol. The third-order valence-corrected chi connectivity index (χ3v) is 2.91. The molecule has 20 heavy (non-hydrogen) atoms. The van der Waals surface area contributed by atoms with Gasteiger partial charge in [-0.05, 0) is 24.6 Å². The molecular weight excluding hydrogens is 267 g/mol. The smallest absolute Gasteiger partial charge is 0.337 e. The summed E-state index contributed by atoms with van der Waals surface area (Å²) in [4.78, 5) is 3.94. The first-order valence-corrected chi connectivity index (χ1v) is 6.38. The van der Waals surface area contributed by atoms with Crippen molar-refractivity contribution >= 4 is 0 Å². The van der Waals surface area contributed by atoms with Gasteiger partial charge in [0.05, 0.1) is 11.9 Å². The van der Waals surface area contributed by atoms with Crippen LogP contribution in [0.2, 0.25) is 0 Å². The molecular formula is C14H16F3N3. The maximum Gasteiger partial charge on any atom is 0.416 e. The number of nitrogens with zero attached hydrogens (tertiary/aromatic N) is 2. The largest absolute Gasteiger partial charge is 0.416 e. The number of imidazole rings is 1. The highest BCUT2D eigenvalue weighted by molar-refractivity contribution is 5.25. The molecule has 0 aliphatic heterocycles. The minimum absolute atomic E-state index is 0.438. The fraction of sp³-hybridized carbons (Fsp3) is 0.357. The highest BCUT2D eigenvalue weighted by atomic mass is 19.4. The van der Waals surface area contributed by atoms with Gasteiger partial charge in [0, 0.05) is 25.5 Å². The molecule has 2 rings (SSSR count). The van der Waals surface area contributed by atoms with E-state index in [1.165, 1.54) is 12.1 Å². The van der Waals surface area contributed by atoms with E-state index in [-0.39, 0.29) is 0 Å². The molecule has 0 saturated heterocycles. The van der Waals surface area contributed by atoms with Crippen molar-refractivity contribution < 1.29 is 13.2 Å². The van der Waals surface area contributed by atoms with Crippen molar-refractivity contribution in [3.8, 4) is 0 Å². The van der Waals surface area contributed by atoms with Crippen LogP contribution in [0.1, 0.15) is 17.5 Å². The number of aromatic nitrogens is 2. The minimum Gasteiger partial charge on any atom is -0.337 e. The number of rotatable bonds is 6. The molecule has 0 bridgehead atoms. The molecule has 0 aliphatic rings. The molecule has 6 heteroatoms. The molecule has 108 valence electrons. The van der Waals surface area contributed by atoms with E-state index in [1.807, 2.05) is 10.8 Å². The SMILES string of the molecule is FC(F)(F)c1cccc(CNCCCn2ccnc2)c1. The zero-order chi connectivity index (χ0) is 14.4. The van der Waals surface area contributed by atoms with Crippen molar-refractivity contribution in [2.45, 2.75) is 25.7 Å². The summed E-state index contributed by atoms with van der Waals surface area (Å²) < 4.78 is 39.6. The summed E-state index contributed by atoms with van der Waals surface area (Å²) in [6, 6.07) is 5.40. The van der Waals surface area contributed by atoms with Crippen LogP contribution in [0, 0.1) is 0 Å². The Morgan fingerprint density at radius 1 is 1.25 bits per heavy atom. The lowest BCUT2D eigenvalue weighted by Crippen LogP contribution is -2.17. The fourth-order valence-corrected chi connectivity index (χ4v) is 1.90. The number of hydrogen-bond donors (Lipinski definition) is 1. The van der Waals surface area contributed by atoms with E-state index in [0.717, 1.165) is 25.6 Å². The van der Waals surface area contributed by atoms with Gasteiger partial charge in [0.25, 0.3) is 0 Å². The summed E-state index contributed by atoms with van der Waals surface area (Å²) in [6.07, 6.45) is 1.96. The highest BCUT2D eigenvalue weighted by Crippen LogP contribution is 2.29. The molecule has 1 heterocycles. The molecule has 0 amide bonds. The second-order valence-corrected chi connectivity index (χ2v) is 4.53. The predicted octanol–water partition coefficient (Wildman–Crippen LogP) is 3.08. The summed E-state index contributed by atoms with van der Waals surface area (Å²) in [7, 11) is 0. The first-order valence-electron chi connectivity index (χ1n) is 6.38. The standard InChI is InChI=1S/C14H16F3N3/c15-14(16,17)13-4-1-3-12(9-13)10-18-5-2-7-20-8-6-19-11-20/h1,3-4,6,8-9,11,18H,2,5,7,10H2. The van der Waals surface area contributed by atoms with Gasteiger partial charge >= 0.3 is 6.18 Å². The average Bonchev–Trinajstić information content (AvgIpc) is 2.91. The zero-order valence-corrected chi connectivity index (χ0v) is 10.9. The lowest BCUT2D eigenvalue weighted by atomic mass is 10.1. The molecule has 0 atom stereocenters. The van der Waals surface area contributed by atoms with Crippen LogP contribution >= 0.6 is 0 Å².